The van der Waals surface area contributed by atoms with Crippen molar-refractivity contribution in [3.63, 3.8) is 0 Å². The van der Waals surface area contributed by atoms with Crippen LogP contribution in [0, 0.1) is 6.92 Å². The Morgan fingerprint density at radius 2 is 2.37 bits per heavy atom. The molecule has 7 heteroatoms. The first kappa shape index (κ1) is 15.2. The normalized spacial score (nSPS) is 11.7. The van der Waals surface area contributed by atoms with Crippen molar-refractivity contribution >= 4 is 29.2 Å². The molecule has 0 spiro atoms. The molecule has 0 aliphatic carbocycles. The lowest BCUT2D eigenvalue weighted by Gasteiger charge is -2.21. The molecule has 0 fully saturated rings. The average molecular weight is 286 g/mol. The third-order valence-electron chi connectivity index (χ3n) is 2.23. The predicted octanol–water partition coefficient (Wildman–Crippen LogP) is 1.56. The molecule has 0 radical (unpaired) electrons. The maximum atomic E-state index is 11.8. The fourth-order valence-electron chi connectivity index (χ4n) is 1.42. The minimum Gasteiger partial charge on any atom is -0.360 e. The Kier molecular flexibility index (Phi) is 5.57. The molecule has 0 saturated carbocycles. The Morgan fingerprint density at radius 3 is 2.84 bits per heavy atom. The Bertz CT molecular complexity index is 471. The molecule has 1 unspecified atom stereocenters. The summed E-state index contributed by atoms with van der Waals surface area (Å²) < 4.78 is 4.82. The van der Waals surface area contributed by atoms with Crippen LogP contribution in [0.15, 0.2) is 23.2 Å². The smallest absolute Gasteiger partial charge is 0.245 e. The van der Waals surface area contributed by atoms with Crippen LogP contribution in [0.5, 0.6) is 0 Å². The van der Waals surface area contributed by atoms with Crippen molar-refractivity contribution in [2.45, 2.75) is 19.2 Å². The van der Waals surface area contributed by atoms with Gasteiger partial charge >= 0.3 is 0 Å². The summed E-state index contributed by atoms with van der Waals surface area (Å²) in [5.74, 6) is 0.199. The highest BCUT2D eigenvalue weighted by Gasteiger charge is 2.20. The molecule has 0 bridgehead atoms. The van der Waals surface area contributed by atoms with Gasteiger partial charge in [0.1, 0.15) is 17.7 Å². The second kappa shape index (κ2) is 6.94. The Hall–Kier alpha value is -1.82. The van der Waals surface area contributed by atoms with E-state index < -0.39 is 5.38 Å². The summed E-state index contributed by atoms with van der Waals surface area (Å²) in [6, 6.07) is 1.59. The van der Waals surface area contributed by atoms with Gasteiger partial charge in [0.25, 0.3) is 0 Å². The number of anilines is 1. The van der Waals surface area contributed by atoms with Crippen LogP contribution in [0.3, 0.4) is 0 Å². The summed E-state index contributed by atoms with van der Waals surface area (Å²) in [5, 5.41) is 5.47. The third-order valence-corrected chi connectivity index (χ3v) is 2.42. The van der Waals surface area contributed by atoms with E-state index >= 15 is 0 Å². The van der Waals surface area contributed by atoms with Crippen LogP contribution in [0.2, 0.25) is 0 Å². The molecule has 0 aromatic carbocycles. The molecule has 0 aliphatic heterocycles. The van der Waals surface area contributed by atoms with Gasteiger partial charge in [0.05, 0.1) is 0 Å². The quantitative estimate of drug-likeness (QED) is 0.636. The Morgan fingerprint density at radius 1 is 1.68 bits per heavy atom. The summed E-state index contributed by atoms with van der Waals surface area (Å²) >= 11 is 5.72. The topological polar surface area (TPSA) is 75.4 Å². The molecule has 1 heterocycles. The summed E-state index contributed by atoms with van der Waals surface area (Å²) in [7, 11) is 0. The van der Waals surface area contributed by atoms with E-state index in [9.17, 15) is 9.59 Å². The fourth-order valence-corrected chi connectivity index (χ4v) is 1.56. The molecular formula is C12H16ClN3O3. The number of rotatable bonds is 6. The monoisotopic (exact) mass is 285 g/mol. The standard InChI is InChI=1S/C12H16ClN3O3/c1-4-5-16(12(18)9(3)13)7-11(17)14-10-6-8(2)19-15-10/h4,6,9H,1,5,7H2,2-3H3,(H,14,15,17). The summed E-state index contributed by atoms with van der Waals surface area (Å²) in [6.45, 7) is 6.94. The van der Waals surface area contributed by atoms with Crippen molar-refractivity contribution in [1.29, 1.82) is 0 Å². The van der Waals surface area contributed by atoms with Gasteiger partial charge < -0.3 is 14.7 Å². The molecule has 1 aromatic heterocycles. The SMILES string of the molecule is C=CCN(CC(=O)Nc1cc(C)on1)C(=O)C(C)Cl. The number of alkyl halides is 1. The number of hydrogen-bond acceptors (Lipinski definition) is 4. The number of nitrogens with one attached hydrogen (secondary N) is 1. The van der Waals surface area contributed by atoms with Gasteiger partial charge in [-0.2, -0.15) is 0 Å². The predicted molar refractivity (Wildman–Crippen MR) is 72.0 cm³/mol. The molecule has 0 aliphatic rings. The van der Waals surface area contributed by atoms with E-state index in [1.54, 1.807) is 19.9 Å². The number of aromatic nitrogens is 1. The van der Waals surface area contributed by atoms with Gasteiger partial charge in [0.15, 0.2) is 5.82 Å². The van der Waals surface area contributed by atoms with Crippen LogP contribution in [-0.4, -0.2) is 40.3 Å². The number of halogens is 1. The minimum atomic E-state index is -0.693. The minimum absolute atomic E-state index is 0.117. The molecule has 1 atom stereocenters. The number of aryl methyl sites for hydroxylation is 1. The lowest BCUT2D eigenvalue weighted by atomic mass is 10.3. The lowest BCUT2D eigenvalue weighted by Crippen LogP contribution is -2.41. The van der Waals surface area contributed by atoms with Crippen LogP contribution >= 0.6 is 11.6 Å². The molecule has 2 amide bonds. The first-order chi connectivity index (χ1) is 8.93. The third kappa shape index (κ3) is 4.75. The van der Waals surface area contributed by atoms with Crippen LogP contribution < -0.4 is 5.32 Å². The first-order valence-electron chi connectivity index (χ1n) is 5.71. The van der Waals surface area contributed by atoms with Crippen molar-refractivity contribution in [2.75, 3.05) is 18.4 Å². The van der Waals surface area contributed by atoms with E-state index in [1.807, 2.05) is 0 Å². The van der Waals surface area contributed by atoms with Crippen LogP contribution in [0.1, 0.15) is 12.7 Å². The van der Waals surface area contributed by atoms with E-state index in [1.165, 1.54) is 11.0 Å². The maximum absolute atomic E-state index is 11.8. The number of hydrogen-bond donors (Lipinski definition) is 1. The van der Waals surface area contributed by atoms with E-state index in [2.05, 4.69) is 17.1 Å². The van der Waals surface area contributed by atoms with Crippen LogP contribution in [-0.2, 0) is 9.59 Å². The van der Waals surface area contributed by atoms with Crippen LogP contribution in [0.25, 0.3) is 0 Å². The second-order valence-corrected chi connectivity index (χ2v) is 4.65. The molecule has 1 N–H and O–H groups in total. The van der Waals surface area contributed by atoms with Crippen molar-refractivity contribution in [3.8, 4) is 0 Å². The highest BCUT2D eigenvalue weighted by atomic mass is 35.5. The first-order valence-corrected chi connectivity index (χ1v) is 6.14. The van der Waals surface area contributed by atoms with Crippen molar-refractivity contribution in [3.05, 3.63) is 24.5 Å². The average Bonchev–Trinajstić information content (AvgIpc) is 2.73. The molecule has 6 nitrogen and oxygen atoms in total. The molecule has 1 aromatic rings. The van der Waals surface area contributed by atoms with Crippen molar-refractivity contribution in [2.24, 2.45) is 0 Å². The summed E-state index contributed by atoms with van der Waals surface area (Å²) in [6.07, 6.45) is 1.53. The van der Waals surface area contributed by atoms with E-state index in [0.29, 0.717) is 11.6 Å². The Balaban J connectivity index is 2.61. The van der Waals surface area contributed by atoms with Gasteiger partial charge in [-0.25, -0.2) is 0 Å². The van der Waals surface area contributed by atoms with Gasteiger partial charge in [0.2, 0.25) is 11.8 Å². The van der Waals surface area contributed by atoms with Gasteiger partial charge in [-0.15, -0.1) is 18.2 Å². The fraction of sp³-hybridized carbons (Fsp3) is 0.417. The van der Waals surface area contributed by atoms with Gasteiger partial charge in [-0.1, -0.05) is 11.2 Å². The maximum Gasteiger partial charge on any atom is 0.245 e. The molecular weight excluding hydrogens is 270 g/mol. The molecule has 19 heavy (non-hydrogen) atoms. The van der Waals surface area contributed by atoms with Gasteiger partial charge in [-0.3, -0.25) is 9.59 Å². The zero-order valence-corrected chi connectivity index (χ0v) is 11.6. The van der Waals surface area contributed by atoms with E-state index in [0.717, 1.165) is 0 Å². The zero-order valence-electron chi connectivity index (χ0n) is 10.9. The van der Waals surface area contributed by atoms with Gasteiger partial charge in [0, 0.05) is 12.6 Å². The molecule has 104 valence electrons. The number of carbonyl (C=O) groups is 2. The zero-order chi connectivity index (χ0) is 14.4. The summed E-state index contributed by atoms with van der Waals surface area (Å²) in [4.78, 5) is 24.8. The molecule has 0 saturated heterocycles. The van der Waals surface area contributed by atoms with Crippen molar-refractivity contribution < 1.29 is 14.1 Å². The number of amides is 2. The largest absolute Gasteiger partial charge is 0.360 e. The van der Waals surface area contributed by atoms with Crippen molar-refractivity contribution in [1.82, 2.24) is 10.1 Å². The lowest BCUT2D eigenvalue weighted by molar-refractivity contribution is -0.133. The van der Waals surface area contributed by atoms with Gasteiger partial charge in [-0.05, 0) is 13.8 Å². The van der Waals surface area contributed by atoms with E-state index in [-0.39, 0.29) is 24.9 Å². The summed E-state index contributed by atoms with van der Waals surface area (Å²) in [5.41, 5.74) is 0. The highest BCUT2D eigenvalue weighted by molar-refractivity contribution is 6.30. The van der Waals surface area contributed by atoms with Crippen LogP contribution in [0.4, 0.5) is 5.82 Å². The highest BCUT2D eigenvalue weighted by Crippen LogP contribution is 2.07. The van der Waals surface area contributed by atoms with E-state index in [4.69, 9.17) is 16.1 Å². The number of carbonyl (C=O) groups excluding carboxylic acids is 2. The second-order valence-electron chi connectivity index (χ2n) is 3.99. The number of nitrogens with zero attached hydrogens (tertiary/aromatic N) is 2. The Labute approximate surface area is 116 Å². The molecule has 1 rings (SSSR count).